The van der Waals surface area contributed by atoms with Gasteiger partial charge in [-0.1, -0.05) is 24.3 Å². The van der Waals surface area contributed by atoms with Gasteiger partial charge in [0.1, 0.15) is 5.84 Å². The lowest BCUT2D eigenvalue weighted by molar-refractivity contribution is -0.115. The molecule has 0 aliphatic carbocycles. The summed E-state index contributed by atoms with van der Waals surface area (Å²) in [6.07, 6.45) is 5.96. The Kier molecular flexibility index (Phi) is 2.94. The van der Waals surface area contributed by atoms with Crippen molar-refractivity contribution < 1.29 is 9.90 Å². The number of hydrogen-bond donors (Lipinski definition) is 2. The summed E-state index contributed by atoms with van der Waals surface area (Å²) in [5.41, 5.74) is 4.84. The number of allylic oxidation sites excluding steroid dienone is 1. The molecular formula is C17H15N3O2. The van der Waals surface area contributed by atoms with Gasteiger partial charge in [-0.3, -0.25) is 4.79 Å². The monoisotopic (exact) mass is 293 g/mol. The molecule has 5 nitrogen and oxygen atoms in total. The van der Waals surface area contributed by atoms with Gasteiger partial charge in [-0.15, -0.1) is 0 Å². The molecule has 0 fully saturated rings. The molecule has 0 spiro atoms. The number of carbonyl (C=O) groups excluding carboxylic acids is 1. The smallest absolute Gasteiger partial charge is 0.248 e. The molecule has 3 heterocycles. The molecule has 22 heavy (non-hydrogen) atoms. The lowest BCUT2D eigenvalue weighted by atomic mass is 10.1. The number of aliphatic hydroxyl groups is 1. The van der Waals surface area contributed by atoms with Gasteiger partial charge < -0.3 is 15.3 Å². The number of aliphatic hydroxyl groups excluding tert-OH is 1. The van der Waals surface area contributed by atoms with Crippen LogP contribution in [-0.2, 0) is 11.4 Å². The fourth-order valence-corrected chi connectivity index (χ4v) is 3.01. The van der Waals surface area contributed by atoms with E-state index in [0.717, 1.165) is 46.9 Å². The van der Waals surface area contributed by atoms with Crippen molar-refractivity contribution in [2.45, 2.75) is 13.0 Å². The molecule has 0 saturated carbocycles. The van der Waals surface area contributed by atoms with Crippen LogP contribution >= 0.6 is 0 Å². The summed E-state index contributed by atoms with van der Waals surface area (Å²) >= 11 is 0. The lowest BCUT2D eigenvalue weighted by Gasteiger charge is -2.27. The van der Waals surface area contributed by atoms with E-state index in [4.69, 9.17) is 5.11 Å². The van der Waals surface area contributed by atoms with Crippen molar-refractivity contribution in [1.29, 1.82) is 0 Å². The maximum Gasteiger partial charge on any atom is 0.248 e. The number of nitrogens with one attached hydrogen (secondary N) is 1. The highest BCUT2D eigenvalue weighted by atomic mass is 16.3. The Morgan fingerprint density at radius 1 is 1.23 bits per heavy atom. The summed E-state index contributed by atoms with van der Waals surface area (Å²) in [6, 6.07) is 7.73. The molecule has 110 valence electrons. The first-order chi connectivity index (χ1) is 10.8. The maximum atomic E-state index is 11.7. The molecule has 0 radical (unpaired) electrons. The second-order valence-electron chi connectivity index (χ2n) is 5.44. The van der Waals surface area contributed by atoms with Gasteiger partial charge in [-0.05, 0) is 11.6 Å². The molecule has 3 aliphatic heterocycles. The SMILES string of the molecule is O=C1C=CC2=CN=C(c3ccc(CO)cc3)N3CCC(=C23)N1. The molecule has 3 aliphatic rings. The number of amides is 1. The summed E-state index contributed by atoms with van der Waals surface area (Å²) in [5, 5.41) is 12.1. The van der Waals surface area contributed by atoms with Gasteiger partial charge in [-0.2, -0.15) is 0 Å². The maximum absolute atomic E-state index is 11.7. The van der Waals surface area contributed by atoms with Crippen LogP contribution in [0.2, 0.25) is 0 Å². The van der Waals surface area contributed by atoms with Crippen LogP contribution in [0.1, 0.15) is 17.5 Å². The number of rotatable bonds is 2. The summed E-state index contributed by atoms with van der Waals surface area (Å²) in [7, 11) is 0. The second-order valence-corrected chi connectivity index (χ2v) is 5.44. The van der Waals surface area contributed by atoms with E-state index >= 15 is 0 Å². The van der Waals surface area contributed by atoms with Crippen LogP contribution in [0.25, 0.3) is 0 Å². The average molecular weight is 293 g/mol. The van der Waals surface area contributed by atoms with E-state index in [0.29, 0.717) is 0 Å². The van der Waals surface area contributed by atoms with Crippen molar-refractivity contribution in [3.63, 3.8) is 0 Å². The predicted octanol–water partition coefficient (Wildman–Crippen LogP) is 1.43. The minimum absolute atomic E-state index is 0.0344. The average Bonchev–Trinajstić information content (AvgIpc) is 2.89. The Labute approximate surface area is 128 Å². The Morgan fingerprint density at radius 2 is 2.05 bits per heavy atom. The van der Waals surface area contributed by atoms with Crippen molar-refractivity contribution in [1.82, 2.24) is 10.2 Å². The molecule has 0 saturated heterocycles. The molecule has 0 atom stereocenters. The van der Waals surface area contributed by atoms with Gasteiger partial charge in [0.05, 0.1) is 12.3 Å². The fraction of sp³-hybridized carbons (Fsp3) is 0.176. The number of aliphatic imine (C=N–C) groups is 1. The minimum atomic E-state index is -0.0894. The number of carbonyl (C=O) groups is 1. The summed E-state index contributed by atoms with van der Waals surface area (Å²) in [6.45, 7) is 0.837. The molecular weight excluding hydrogens is 278 g/mol. The Morgan fingerprint density at radius 3 is 2.82 bits per heavy atom. The quantitative estimate of drug-likeness (QED) is 0.867. The predicted molar refractivity (Wildman–Crippen MR) is 82.6 cm³/mol. The van der Waals surface area contributed by atoms with Crippen molar-refractivity contribution in [2.24, 2.45) is 4.99 Å². The van der Waals surface area contributed by atoms with Crippen LogP contribution in [0.5, 0.6) is 0 Å². The topological polar surface area (TPSA) is 64.9 Å². The third-order valence-electron chi connectivity index (χ3n) is 4.08. The van der Waals surface area contributed by atoms with Crippen LogP contribution in [0, 0.1) is 0 Å². The molecule has 4 rings (SSSR count). The first kappa shape index (κ1) is 13.0. The fourth-order valence-electron chi connectivity index (χ4n) is 3.01. The summed E-state index contributed by atoms with van der Waals surface area (Å²) < 4.78 is 0. The largest absolute Gasteiger partial charge is 0.392 e. The highest BCUT2D eigenvalue weighted by molar-refractivity contribution is 6.02. The molecule has 1 aromatic carbocycles. The third-order valence-corrected chi connectivity index (χ3v) is 4.08. The summed E-state index contributed by atoms with van der Waals surface area (Å²) in [4.78, 5) is 18.4. The van der Waals surface area contributed by atoms with Crippen LogP contribution in [0.15, 0.2) is 64.6 Å². The standard InChI is InChI=1S/C17H15N3O2/c21-10-11-1-3-12(4-2-11)17-18-9-13-5-6-15(22)19-14-7-8-20(17)16(13)14/h1-6,9,21H,7-8,10H2,(H,19,22). The molecule has 1 aromatic rings. The molecule has 1 amide bonds. The van der Waals surface area contributed by atoms with E-state index in [1.54, 1.807) is 6.08 Å². The molecule has 5 heteroatoms. The molecule has 0 aromatic heterocycles. The van der Waals surface area contributed by atoms with Crippen LogP contribution in [0.4, 0.5) is 0 Å². The van der Waals surface area contributed by atoms with E-state index in [2.05, 4.69) is 15.2 Å². The number of nitrogens with zero attached hydrogens (tertiary/aromatic N) is 2. The van der Waals surface area contributed by atoms with Gasteiger partial charge >= 0.3 is 0 Å². The number of amidine groups is 1. The van der Waals surface area contributed by atoms with Crippen molar-refractivity contribution >= 4 is 11.7 Å². The highest BCUT2D eigenvalue weighted by Gasteiger charge is 2.32. The van der Waals surface area contributed by atoms with Gasteiger partial charge in [0.15, 0.2) is 0 Å². The zero-order valence-corrected chi connectivity index (χ0v) is 11.9. The first-order valence-electron chi connectivity index (χ1n) is 7.24. The van der Waals surface area contributed by atoms with Crippen molar-refractivity contribution in [2.75, 3.05) is 6.54 Å². The molecule has 0 unspecified atom stereocenters. The Balaban J connectivity index is 1.77. The Hall–Kier alpha value is -2.66. The number of benzene rings is 1. The van der Waals surface area contributed by atoms with E-state index < -0.39 is 0 Å². The van der Waals surface area contributed by atoms with Crippen molar-refractivity contribution in [3.05, 3.63) is 70.7 Å². The van der Waals surface area contributed by atoms with Crippen LogP contribution in [-0.4, -0.2) is 28.3 Å². The third kappa shape index (κ3) is 1.98. The minimum Gasteiger partial charge on any atom is -0.392 e. The van der Waals surface area contributed by atoms with E-state index in [1.165, 1.54) is 0 Å². The Bertz CT molecular complexity index is 770. The van der Waals surface area contributed by atoms with Crippen LogP contribution in [0.3, 0.4) is 0 Å². The highest BCUT2D eigenvalue weighted by Crippen LogP contribution is 2.34. The second kappa shape index (κ2) is 4.96. The van der Waals surface area contributed by atoms with Crippen LogP contribution < -0.4 is 5.32 Å². The molecule has 2 N–H and O–H groups in total. The summed E-state index contributed by atoms with van der Waals surface area (Å²) in [5.74, 6) is 0.788. The lowest BCUT2D eigenvalue weighted by Crippen LogP contribution is -2.31. The molecule has 0 bridgehead atoms. The first-order valence-corrected chi connectivity index (χ1v) is 7.24. The number of hydrogen-bond acceptors (Lipinski definition) is 4. The van der Waals surface area contributed by atoms with E-state index in [9.17, 15) is 4.79 Å². The van der Waals surface area contributed by atoms with Crippen molar-refractivity contribution in [3.8, 4) is 0 Å². The van der Waals surface area contributed by atoms with Gasteiger partial charge in [0.2, 0.25) is 5.91 Å². The van der Waals surface area contributed by atoms with Gasteiger partial charge in [0.25, 0.3) is 0 Å². The van der Waals surface area contributed by atoms with Gasteiger partial charge in [-0.25, -0.2) is 4.99 Å². The normalized spacial score (nSPS) is 19.5. The van der Waals surface area contributed by atoms with E-state index in [-0.39, 0.29) is 12.5 Å². The zero-order chi connectivity index (χ0) is 15.1. The van der Waals surface area contributed by atoms with E-state index in [1.807, 2.05) is 36.5 Å². The van der Waals surface area contributed by atoms with Gasteiger partial charge in [0, 0.05) is 42.1 Å². The zero-order valence-electron chi connectivity index (χ0n) is 11.9.